The Balaban J connectivity index is 1.66. The van der Waals surface area contributed by atoms with Gasteiger partial charge in [-0.3, -0.25) is 4.99 Å². The maximum absolute atomic E-state index is 6.38. The molecule has 0 heterocycles. The second-order valence-electron chi connectivity index (χ2n) is 8.32. The predicted octanol–water partition coefficient (Wildman–Crippen LogP) is 6.54. The van der Waals surface area contributed by atoms with E-state index in [1.807, 2.05) is 18.2 Å². The lowest BCUT2D eigenvalue weighted by Gasteiger charge is -2.22. The summed E-state index contributed by atoms with van der Waals surface area (Å²) in [5.74, 6) is 1.77. The van der Waals surface area contributed by atoms with Crippen LogP contribution in [0.25, 0.3) is 0 Å². The molecule has 1 aliphatic carbocycles. The molecule has 0 fully saturated rings. The molecule has 0 radical (unpaired) electrons. The van der Waals surface area contributed by atoms with Gasteiger partial charge in [-0.25, -0.2) is 0 Å². The molecule has 166 valence electrons. The van der Waals surface area contributed by atoms with E-state index in [2.05, 4.69) is 56.3 Å². The predicted molar refractivity (Wildman–Crippen MR) is 130 cm³/mol. The van der Waals surface area contributed by atoms with Crippen LogP contribution in [0.4, 0.5) is 5.69 Å². The molecule has 1 atom stereocenters. The number of fused-ring (bicyclic) bond motifs is 1. The number of methoxy groups -OCH3 is 2. The molecule has 0 bridgehead atoms. The summed E-state index contributed by atoms with van der Waals surface area (Å²) >= 11 is 0. The van der Waals surface area contributed by atoms with Crippen molar-refractivity contribution in [2.75, 3.05) is 20.8 Å². The number of nitrogens with zero attached hydrogens (tertiary/aromatic N) is 1. The quantitative estimate of drug-likeness (QED) is 0.428. The summed E-state index contributed by atoms with van der Waals surface area (Å²) in [5.41, 5.74) is 7.90. The van der Waals surface area contributed by atoms with Gasteiger partial charge >= 0.3 is 0 Å². The molecule has 4 nitrogen and oxygen atoms in total. The Morgan fingerprint density at radius 3 is 2.34 bits per heavy atom. The standard InChI is InChI=1S/C28H31NO3/c1-19-15-23(16-20(2)28(19)31-4)29-26-12-8-11-21-13-14-24(17-25(21)26)32-27(18-30-3)22-9-6-5-7-10-22/h5-7,9-10,13-17,27H,8,11-12,18H2,1-4H3. The van der Waals surface area contributed by atoms with Crippen LogP contribution in [0.2, 0.25) is 0 Å². The summed E-state index contributed by atoms with van der Waals surface area (Å²) in [4.78, 5) is 5.05. The van der Waals surface area contributed by atoms with E-state index in [0.29, 0.717) is 6.61 Å². The first-order valence-corrected chi connectivity index (χ1v) is 11.2. The van der Waals surface area contributed by atoms with Crippen molar-refractivity contribution in [3.05, 3.63) is 88.5 Å². The molecule has 1 unspecified atom stereocenters. The maximum atomic E-state index is 6.38. The minimum absolute atomic E-state index is 0.157. The number of aliphatic imine (C=N–C) groups is 1. The highest BCUT2D eigenvalue weighted by atomic mass is 16.5. The van der Waals surface area contributed by atoms with Gasteiger partial charge in [0.05, 0.1) is 19.4 Å². The van der Waals surface area contributed by atoms with Crippen LogP contribution in [-0.4, -0.2) is 26.5 Å². The Kier molecular flexibility index (Phi) is 6.91. The minimum atomic E-state index is -0.157. The molecule has 0 aliphatic heterocycles. The Hall–Kier alpha value is -3.11. The van der Waals surface area contributed by atoms with E-state index in [9.17, 15) is 0 Å². The highest BCUT2D eigenvalue weighted by molar-refractivity contribution is 6.04. The average molecular weight is 430 g/mol. The third-order valence-corrected chi connectivity index (χ3v) is 5.93. The lowest BCUT2D eigenvalue weighted by Crippen LogP contribution is -2.15. The van der Waals surface area contributed by atoms with Crippen LogP contribution in [0.1, 0.15) is 46.8 Å². The molecule has 0 N–H and O–H groups in total. The first-order chi connectivity index (χ1) is 15.6. The minimum Gasteiger partial charge on any atom is -0.496 e. The van der Waals surface area contributed by atoms with Gasteiger partial charge in [-0.15, -0.1) is 0 Å². The fourth-order valence-electron chi connectivity index (χ4n) is 4.46. The number of rotatable bonds is 7. The number of hydrogen-bond donors (Lipinski definition) is 0. The summed E-state index contributed by atoms with van der Waals surface area (Å²) in [6, 6.07) is 20.8. The summed E-state index contributed by atoms with van der Waals surface area (Å²) in [6.45, 7) is 4.62. The van der Waals surface area contributed by atoms with Gasteiger partial charge in [0, 0.05) is 18.4 Å². The number of hydrogen-bond acceptors (Lipinski definition) is 4. The van der Waals surface area contributed by atoms with Crippen LogP contribution in [0.15, 0.2) is 65.7 Å². The van der Waals surface area contributed by atoms with Gasteiger partial charge in [-0.1, -0.05) is 36.4 Å². The second kappa shape index (κ2) is 10.0. The molecule has 32 heavy (non-hydrogen) atoms. The maximum Gasteiger partial charge on any atom is 0.147 e. The number of benzene rings is 3. The van der Waals surface area contributed by atoms with Crippen LogP contribution < -0.4 is 9.47 Å². The zero-order chi connectivity index (χ0) is 22.5. The van der Waals surface area contributed by atoms with E-state index in [-0.39, 0.29) is 6.10 Å². The molecule has 4 rings (SSSR count). The van der Waals surface area contributed by atoms with Crippen molar-refractivity contribution in [3.8, 4) is 11.5 Å². The van der Waals surface area contributed by atoms with Crippen LogP contribution in [0.3, 0.4) is 0 Å². The molecule has 4 heteroatoms. The zero-order valence-electron chi connectivity index (χ0n) is 19.4. The second-order valence-corrected chi connectivity index (χ2v) is 8.32. The molecule has 1 aliphatic rings. The molecule has 0 amide bonds. The fourth-order valence-corrected chi connectivity index (χ4v) is 4.46. The summed E-state index contributed by atoms with van der Waals surface area (Å²) in [5, 5.41) is 0. The Bertz CT molecular complexity index is 1080. The lowest BCUT2D eigenvalue weighted by molar-refractivity contribution is 0.0810. The van der Waals surface area contributed by atoms with E-state index in [0.717, 1.165) is 58.9 Å². The van der Waals surface area contributed by atoms with Crippen LogP contribution in [-0.2, 0) is 11.2 Å². The van der Waals surface area contributed by atoms with Crippen molar-refractivity contribution in [2.45, 2.75) is 39.2 Å². The van der Waals surface area contributed by atoms with Gasteiger partial charge < -0.3 is 14.2 Å². The van der Waals surface area contributed by atoms with Crippen molar-refractivity contribution in [3.63, 3.8) is 0 Å². The monoisotopic (exact) mass is 429 g/mol. The third-order valence-electron chi connectivity index (χ3n) is 5.93. The van der Waals surface area contributed by atoms with Gasteiger partial charge in [0.1, 0.15) is 17.6 Å². The van der Waals surface area contributed by atoms with Crippen LogP contribution >= 0.6 is 0 Å². The normalized spacial score (nSPS) is 15.3. The Morgan fingerprint density at radius 2 is 1.66 bits per heavy atom. The first kappa shape index (κ1) is 22.1. The van der Waals surface area contributed by atoms with E-state index in [4.69, 9.17) is 19.2 Å². The molecule has 0 spiro atoms. The molecule has 3 aromatic rings. The topological polar surface area (TPSA) is 40.0 Å². The van der Waals surface area contributed by atoms with Gasteiger partial charge in [0.15, 0.2) is 0 Å². The molecule has 0 saturated carbocycles. The van der Waals surface area contributed by atoms with E-state index >= 15 is 0 Å². The largest absolute Gasteiger partial charge is 0.496 e. The summed E-state index contributed by atoms with van der Waals surface area (Å²) in [7, 11) is 3.42. The van der Waals surface area contributed by atoms with Gasteiger partial charge in [0.25, 0.3) is 0 Å². The van der Waals surface area contributed by atoms with Gasteiger partial charge in [0.2, 0.25) is 0 Å². The summed E-state index contributed by atoms with van der Waals surface area (Å²) < 4.78 is 17.3. The van der Waals surface area contributed by atoms with Crippen molar-refractivity contribution >= 4 is 11.4 Å². The summed E-state index contributed by atoms with van der Waals surface area (Å²) in [6.07, 6.45) is 2.97. The SMILES string of the molecule is COCC(Oc1ccc2c(c1)C(=Nc1cc(C)c(OC)c(C)c1)CCC2)c1ccccc1. The molecular formula is C28H31NO3. The number of ether oxygens (including phenoxy) is 3. The van der Waals surface area contributed by atoms with Crippen molar-refractivity contribution in [1.29, 1.82) is 0 Å². The average Bonchev–Trinajstić information content (AvgIpc) is 2.79. The van der Waals surface area contributed by atoms with Crippen LogP contribution in [0.5, 0.6) is 11.5 Å². The molecule has 3 aromatic carbocycles. The van der Waals surface area contributed by atoms with E-state index < -0.39 is 0 Å². The van der Waals surface area contributed by atoms with E-state index in [1.165, 1.54) is 11.1 Å². The van der Waals surface area contributed by atoms with Crippen molar-refractivity contribution in [1.82, 2.24) is 0 Å². The Labute approximate surface area is 190 Å². The Morgan fingerprint density at radius 1 is 0.906 bits per heavy atom. The highest BCUT2D eigenvalue weighted by Gasteiger charge is 2.19. The van der Waals surface area contributed by atoms with Crippen LogP contribution in [0, 0.1) is 13.8 Å². The smallest absolute Gasteiger partial charge is 0.147 e. The first-order valence-electron chi connectivity index (χ1n) is 11.2. The fraction of sp³-hybridized carbons (Fsp3) is 0.321. The van der Waals surface area contributed by atoms with Crippen molar-refractivity contribution in [2.24, 2.45) is 4.99 Å². The third kappa shape index (κ3) is 4.86. The van der Waals surface area contributed by atoms with Gasteiger partial charge in [-0.2, -0.15) is 0 Å². The zero-order valence-corrected chi connectivity index (χ0v) is 19.4. The molecule has 0 aromatic heterocycles. The van der Waals surface area contributed by atoms with E-state index in [1.54, 1.807) is 14.2 Å². The van der Waals surface area contributed by atoms with Gasteiger partial charge in [-0.05, 0) is 79.6 Å². The number of aryl methyl sites for hydroxylation is 3. The van der Waals surface area contributed by atoms with Crippen molar-refractivity contribution < 1.29 is 14.2 Å². The highest BCUT2D eigenvalue weighted by Crippen LogP contribution is 2.32. The molecular weight excluding hydrogens is 398 g/mol. The molecule has 0 saturated heterocycles. The lowest BCUT2D eigenvalue weighted by atomic mass is 9.89.